The van der Waals surface area contributed by atoms with Crippen LogP contribution in [0.25, 0.3) is 10.2 Å². The van der Waals surface area contributed by atoms with Crippen LogP contribution >= 0.6 is 11.3 Å². The minimum atomic E-state index is 0.374. The Labute approximate surface area is 130 Å². The molecule has 0 aromatic carbocycles. The molecular weight excluding hydrogens is 280 g/mol. The molecule has 4 nitrogen and oxygen atoms in total. The molecule has 2 aromatic rings. The predicted octanol–water partition coefficient (Wildman–Crippen LogP) is 4.06. The molecule has 0 unspecified atom stereocenters. The van der Waals surface area contributed by atoms with E-state index in [9.17, 15) is 0 Å². The van der Waals surface area contributed by atoms with Crippen molar-refractivity contribution in [3.05, 3.63) is 10.9 Å². The van der Waals surface area contributed by atoms with Gasteiger partial charge in [-0.3, -0.25) is 0 Å². The summed E-state index contributed by atoms with van der Waals surface area (Å²) in [6.07, 6.45) is 2.30. The highest BCUT2D eigenvalue weighted by Gasteiger charge is 2.31. The van der Waals surface area contributed by atoms with Crippen LogP contribution in [0.5, 0.6) is 0 Å². The Morgan fingerprint density at radius 2 is 2.19 bits per heavy atom. The van der Waals surface area contributed by atoms with Crippen LogP contribution in [0.4, 0.5) is 11.8 Å². The second-order valence-electron chi connectivity index (χ2n) is 6.71. The maximum atomic E-state index is 4.81. The second kappa shape index (κ2) is 5.44. The maximum absolute atomic E-state index is 4.81. The van der Waals surface area contributed by atoms with Crippen LogP contribution in [0.3, 0.4) is 0 Å². The third-order valence-electron chi connectivity index (χ3n) is 4.01. The quantitative estimate of drug-likeness (QED) is 0.925. The number of aryl methyl sites for hydroxylation is 1. The zero-order valence-corrected chi connectivity index (χ0v) is 14.2. The van der Waals surface area contributed by atoms with Crippen molar-refractivity contribution in [2.45, 2.75) is 40.5 Å². The monoisotopic (exact) mass is 304 g/mol. The average Bonchev–Trinajstić information content (AvgIpc) is 2.96. The van der Waals surface area contributed by atoms with Crippen molar-refractivity contribution >= 4 is 33.3 Å². The molecule has 1 aliphatic heterocycles. The van der Waals surface area contributed by atoms with Crippen LogP contribution < -0.4 is 10.2 Å². The molecule has 3 rings (SSSR count). The van der Waals surface area contributed by atoms with Gasteiger partial charge in [-0.1, -0.05) is 20.8 Å². The predicted molar refractivity (Wildman–Crippen MR) is 91.5 cm³/mol. The number of nitrogens with one attached hydrogen (secondary N) is 1. The number of rotatable bonds is 4. The lowest BCUT2D eigenvalue weighted by Crippen LogP contribution is -2.24. The molecule has 1 N–H and O–H groups in total. The lowest BCUT2D eigenvalue weighted by Gasteiger charge is -2.21. The standard InChI is InChI=1S/C16H24N4S/c1-5-7-17-15-18-13(20-8-6-16(3,4)10-20)12-9-11(2)21-14(12)19-15/h9H,5-8,10H2,1-4H3,(H,17,18,19). The van der Waals surface area contributed by atoms with Gasteiger partial charge in [0.1, 0.15) is 10.6 Å². The molecule has 0 amide bonds. The molecule has 21 heavy (non-hydrogen) atoms. The summed E-state index contributed by atoms with van der Waals surface area (Å²) >= 11 is 1.75. The van der Waals surface area contributed by atoms with E-state index in [0.717, 1.165) is 42.7 Å². The molecule has 0 atom stereocenters. The minimum Gasteiger partial charge on any atom is -0.355 e. The van der Waals surface area contributed by atoms with Crippen LogP contribution in [0, 0.1) is 12.3 Å². The third-order valence-corrected chi connectivity index (χ3v) is 4.95. The number of anilines is 2. The molecule has 5 heteroatoms. The minimum absolute atomic E-state index is 0.374. The van der Waals surface area contributed by atoms with Crippen LogP contribution in [-0.2, 0) is 0 Å². The summed E-state index contributed by atoms with van der Waals surface area (Å²) in [6.45, 7) is 12.0. The van der Waals surface area contributed by atoms with Crippen LogP contribution in [-0.4, -0.2) is 29.6 Å². The zero-order chi connectivity index (χ0) is 15.0. The van der Waals surface area contributed by atoms with Crippen molar-refractivity contribution in [1.82, 2.24) is 9.97 Å². The van der Waals surface area contributed by atoms with Gasteiger partial charge in [0.2, 0.25) is 5.95 Å². The molecule has 1 saturated heterocycles. The van der Waals surface area contributed by atoms with Crippen molar-refractivity contribution in [2.24, 2.45) is 5.41 Å². The van der Waals surface area contributed by atoms with Crippen LogP contribution in [0.2, 0.25) is 0 Å². The van der Waals surface area contributed by atoms with Gasteiger partial charge in [-0.25, -0.2) is 4.98 Å². The summed E-state index contributed by atoms with van der Waals surface area (Å²) in [7, 11) is 0. The van der Waals surface area contributed by atoms with Gasteiger partial charge in [-0.2, -0.15) is 4.98 Å². The Kier molecular flexibility index (Phi) is 3.78. The second-order valence-corrected chi connectivity index (χ2v) is 7.94. The number of aromatic nitrogens is 2. The molecule has 0 aliphatic carbocycles. The van der Waals surface area contributed by atoms with Gasteiger partial charge in [0.25, 0.3) is 0 Å². The molecule has 3 heterocycles. The third kappa shape index (κ3) is 2.98. The zero-order valence-electron chi connectivity index (χ0n) is 13.4. The van der Waals surface area contributed by atoms with Crippen molar-refractivity contribution < 1.29 is 0 Å². The van der Waals surface area contributed by atoms with Gasteiger partial charge in [-0.15, -0.1) is 11.3 Å². The number of thiophene rings is 1. The van der Waals surface area contributed by atoms with Crippen LogP contribution in [0.1, 0.15) is 38.5 Å². The molecule has 0 saturated carbocycles. The first-order chi connectivity index (χ1) is 9.98. The van der Waals surface area contributed by atoms with Gasteiger partial charge in [0.05, 0.1) is 5.39 Å². The van der Waals surface area contributed by atoms with E-state index >= 15 is 0 Å². The van der Waals surface area contributed by atoms with Gasteiger partial charge >= 0.3 is 0 Å². The number of hydrogen-bond acceptors (Lipinski definition) is 5. The summed E-state index contributed by atoms with van der Waals surface area (Å²) in [4.78, 5) is 14.3. The summed E-state index contributed by atoms with van der Waals surface area (Å²) in [5.74, 6) is 1.87. The highest BCUT2D eigenvalue weighted by molar-refractivity contribution is 7.18. The molecule has 0 radical (unpaired) electrons. The normalized spacial score (nSPS) is 17.6. The molecule has 0 bridgehead atoms. The highest BCUT2D eigenvalue weighted by atomic mass is 32.1. The summed E-state index contributed by atoms with van der Waals surface area (Å²) in [5, 5.41) is 4.54. The lowest BCUT2D eigenvalue weighted by molar-refractivity contribution is 0.418. The van der Waals surface area contributed by atoms with Crippen molar-refractivity contribution in [2.75, 3.05) is 29.9 Å². The van der Waals surface area contributed by atoms with E-state index in [1.165, 1.54) is 16.7 Å². The van der Waals surface area contributed by atoms with E-state index < -0.39 is 0 Å². The Morgan fingerprint density at radius 3 is 2.86 bits per heavy atom. The molecule has 114 valence electrons. The molecule has 1 aliphatic rings. The fraction of sp³-hybridized carbons (Fsp3) is 0.625. The first-order valence-electron chi connectivity index (χ1n) is 7.75. The fourth-order valence-corrected chi connectivity index (χ4v) is 3.75. The Morgan fingerprint density at radius 1 is 1.38 bits per heavy atom. The van der Waals surface area contributed by atoms with E-state index in [-0.39, 0.29) is 0 Å². The number of hydrogen-bond donors (Lipinski definition) is 1. The van der Waals surface area contributed by atoms with Gasteiger partial charge < -0.3 is 10.2 Å². The SMILES string of the molecule is CCCNc1nc(N2CCC(C)(C)C2)c2cc(C)sc2n1. The smallest absolute Gasteiger partial charge is 0.226 e. The summed E-state index contributed by atoms with van der Waals surface area (Å²) in [5.41, 5.74) is 0.374. The number of nitrogens with zero attached hydrogens (tertiary/aromatic N) is 3. The molecule has 1 fully saturated rings. The van der Waals surface area contributed by atoms with Gasteiger partial charge in [0.15, 0.2) is 0 Å². The summed E-state index contributed by atoms with van der Waals surface area (Å²) in [6, 6.07) is 2.23. The van der Waals surface area contributed by atoms with Gasteiger partial charge in [0, 0.05) is 24.5 Å². The van der Waals surface area contributed by atoms with E-state index in [1.54, 1.807) is 11.3 Å². The fourth-order valence-electron chi connectivity index (χ4n) is 2.88. The average molecular weight is 304 g/mol. The maximum Gasteiger partial charge on any atom is 0.226 e. The Bertz CT molecular complexity index is 647. The van der Waals surface area contributed by atoms with Crippen molar-refractivity contribution in [1.29, 1.82) is 0 Å². The van der Waals surface area contributed by atoms with Gasteiger partial charge in [-0.05, 0) is 31.2 Å². The van der Waals surface area contributed by atoms with E-state index in [0.29, 0.717) is 5.41 Å². The number of fused-ring (bicyclic) bond motifs is 1. The van der Waals surface area contributed by atoms with E-state index in [2.05, 4.69) is 49.0 Å². The Hall–Kier alpha value is -1.36. The van der Waals surface area contributed by atoms with Crippen molar-refractivity contribution in [3.63, 3.8) is 0 Å². The van der Waals surface area contributed by atoms with E-state index in [4.69, 9.17) is 4.98 Å². The first kappa shape index (κ1) is 14.6. The lowest BCUT2D eigenvalue weighted by atomic mass is 9.93. The summed E-state index contributed by atoms with van der Waals surface area (Å²) < 4.78 is 0. The highest BCUT2D eigenvalue weighted by Crippen LogP contribution is 2.37. The molecular formula is C16H24N4S. The molecule has 2 aromatic heterocycles. The largest absolute Gasteiger partial charge is 0.355 e. The van der Waals surface area contributed by atoms with Crippen molar-refractivity contribution in [3.8, 4) is 0 Å². The Balaban J connectivity index is 2.02. The van der Waals surface area contributed by atoms with E-state index in [1.807, 2.05) is 0 Å². The van der Waals surface area contributed by atoms with Crippen LogP contribution in [0.15, 0.2) is 6.07 Å². The molecule has 0 spiro atoms. The topological polar surface area (TPSA) is 41.1 Å². The first-order valence-corrected chi connectivity index (χ1v) is 8.57.